The molecule has 0 bridgehead atoms. The van der Waals surface area contributed by atoms with Crippen molar-refractivity contribution < 1.29 is 14.4 Å². The van der Waals surface area contributed by atoms with Crippen molar-refractivity contribution in [3.8, 4) is 0 Å². The SMILES string of the molecule is CC1CC(C)CN(C(=O)c2ccccc2NC(=O)Cc2csc(N3CCNC3=O)n2)C1. The second kappa shape index (κ2) is 9.05. The second-order valence-corrected chi connectivity index (χ2v) is 9.27. The van der Waals surface area contributed by atoms with E-state index in [1.807, 2.05) is 11.0 Å². The fourth-order valence-electron chi connectivity index (χ4n) is 4.29. The second-order valence-electron chi connectivity index (χ2n) is 8.43. The van der Waals surface area contributed by atoms with Crippen molar-refractivity contribution in [3.05, 3.63) is 40.9 Å². The number of anilines is 2. The van der Waals surface area contributed by atoms with Gasteiger partial charge in [-0.05, 0) is 30.4 Å². The minimum Gasteiger partial charge on any atom is -0.338 e. The molecule has 4 amide bonds. The largest absolute Gasteiger partial charge is 0.338 e. The van der Waals surface area contributed by atoms with E-state index in [1.54, 1.807) is 28.5 Å². The molecule has 4 rings (SSSR count). The van der Waals surface area contributed by atoms with Gasteiger partial charge in [0.1, 0.15) is 0 Å². The van der Waals surface area contributed by atoms with Crippen LogP contribution in [0.4, 0.5) is 15.6 Å². The number of carbonyl (C=O) groups is 3. The highest BCUT2D eigenvalue weighted by molar-refractivity contribution is 7.14. The highest BCUT2D eigenvalue weighted by Gasteiger charge is 2.28. The van der Waals surface area contributed by atoms with Crippen molar-refractivity contribution in [1.29, 1.82) is 0 Å². The Hall–Kier alpha value is -2.94. The molecule has 0 aliphatic carbocycles. The average molecular weight is 442 g/mol. The molecule has 2 unspecified atom stereocenters. The Morgan fingerprint density at radius 2 is 1.97 bits per heavy atom. The molecule has 2 aliphatic heterocycles. The van der Waals surface area contributed by atoms with Crippen LogP contribution in [0.5, 0.6) is 0 Å². The minimum absolute atomic E-state index is 0.0507. The highest BCUT2D eigenvalue weighted by Crippen LogP contribution is 2.26. The number of amides is 4. The number of hydrogen-bond donors (Lipinski definition) is 2. The summed E-state index contributed by atoms with van der Waals surface area (Å²) in [6.45, 7) is 6.96. The zero-order valence-electron chi connectivity index (χ0n) is 17.8. The molecule has 2 N–H and O–H groups in total. The van der Waals surface area contributed by atoms with E-state index < -0.39 is 0 Å². The molecule has 164 valence electrons. The number of benzene rings is 1. The van der Waals surface area contributed by atoms with Crippen LogP contribution in [0.2, 0.25) is 0 Å². The van der Waals surface area contributed by atoms with Gasteiger partial charge < -0.3 is 15.5 Å². The number of nitrogens with one attached hydrogen (secondary N) is 2. The topological polar surface area (TPSA) is 94.6 Å². The Morgan fingerprint density at radius 3 is 2.68 bits per heavy atom. The first-order chi connectivity index (χ1) is 14.9. The summed E-state index contributed by atoms with van der Waals surface area (Å²) < 4.78 is 0. The Bertz CT molecular complexity index is 981. The third kappa shape index (κ3) is 4.87. The molecule has 2 fully saturated rings. The maximum Gasteiger partial charge on any atom is 0.323 e. The van der Waals surface area contributed by atoms with Gasteiger partial charge in [0, 0.05) is 31.6 Å². The van der Waals surface area contributed by atoms with E-state index in [2.05, 4.69) is 29.5 Å². The summed E-state index contributed by atoms with van der Waals surface area (Å²) in [5, 5.41) is 7.98. The number of nitrogens with zero attached hydrogens (tertiary/aromatic N) is 3. The summed E-state index contributed by atoms with van der Waals surface area (Å²) in [6, 6.07) is 6.96. The smallest absolute Gasteiger partial charge is 0.323 e. The lowest BCUT2D eigenvalue weighted by Crippen LogP contribution is -2.42. The number of para-hydroxylation sites is 1. The van der Waals surface area contributed by atoms with E-state index in [0.717, 1.165) is 19.5 Å². The molecule has 9 heteroatoms. The first kappa shape index (κ1) is 21.3. The van der Waals surface area contributed by atoms with Gasteiger partial charge in [0.2, 0.25) is 5.91 Å². The molecule has 0 radical (unpaired) electrons. The lowest BCUT2D eigenvalue weighted by Gasteiger charge is -2.35. The maximum atomic E-state index is 13.2. The van der Waals surface area contributed by atoms with Crippen LogP contribution < -0.4 is 15.5 Å². The molecule has 31 heavy (non-hydrogen) atoms. The Labute approximate surface area is 185 Å². The molecule has 0 saturated carbocycles. The number of thiazole rings is 1. The van der Waals surface area contributed by atoms with E-state index in [0.29, 0.717) is 47.0 Å². The van der Waals surface area contributed by atoms with Gasteiger partial charge in [-0.2, -0.15) is 0 Å². The molecule has 8 nitrogen and oxygen atoms in total. The molecular weight excluding hydrogens is 414 g/mol. The van der Waals surface area contributed by atoms with Gasteiger partial charge in [0.15, 0.2) is 5.13 Å². The van der Waals surface area contributed by atoms with Crippen molar-refractivity contribution in [1.82, 2.24) is 15.2 Å². The van der Waals surface area contributed by atoms with Gasteiger partial charge in [-0.15, -0.1) is 11.3 Å². The van der Waals surface area contributed by atoms with Crippen LogP contribution in [0.1, 0.15) is 36.3 Å². The predicted molar refractivity (Wildman–Crippen MR) is 120 cm³/mol. The van der Waals surface area contributed by atoms with E-state index in [9.17, 15) is 14.4 Å². The first-order valence-electron chi connectivity index (χ1n) is 10.6. The third-order valence-electron chi connectivity index (χ3n) is 5.56. The van der Waals surface area contributed by atoms with Gasteiger partial charge in [0.05, 0.1) is 23.4 Å². The van der Waals surface area contributed by atoms with Crippen LogP contribution in [0.25, 0.3) is 0 Å². The summed E-state index contributed by atoms with van der Waals surface area (Å²) in [5.41, 5.74) is 1.61. The first-order valence-corrected chi connectivity index (χ1v) is 11.5. The summed E-state index contributed by atoms with van der Waals surface area (Å²) in [7, 11) is 0. The average Bonchev–Trinajstić information content (AvgIpc) is 3.35. The number of hydrogen-bond acceptors (Lipinski definition) is 5. The lowest BCUT2D eigenvalue weighted by molar-refractivity contribution is -0.115. The Morgan fingerprint density at radius 1 is 1.23 bits per heavy atom. The molecule has 1 aromatic carbocycles. The zero-order valence-corrected chi connectivity index (χ0v) is 18.6. The molecular formula is C22H27N5O3S. The van der Waals surface area contributed by atoms with Crippen molar-refractivity contribution in [2.45, 2.75) is 26.7 Å². The molecule has 2 saturated heterocycles. The van der Waals surface area contributed by atoms with Gasteiger partial charge in [-0.25, -0.2) is 9.78 Å². The third-order valence-corrected chi connectivity index (χ3v) is 6.47. The van der Waals surface area contributed by atoms with E-state index in [4.69, 9.17) is 0 Å². The summed E-state index contributed by atoms with van der Waals surface area (Å²) >= 11 is 1.34. The number of likely N-dealkylation sites (tertiary alicyclic amines) is 1. The van der Waals surface area contributed by atoms with Crippen molar-refractivity contribution in [2.24, 2.45) is 11.8 Å². The zero-order chi connectivity index (χ0) is 22.0. The van der Waals surface area contributed by atoms with Crippen molar-refractivity contribution in [3.63, 3.8) is 0 Å². The summed E-state index contributed by atoms with van der Waals surface area (Å²) in [5.74, 6) is 0.630. The number of carbonyl (C=O) groups excluding carboxylic acids is 3. The van der Waals surface area contributed by atoms with Gasteiger partial charge in [0.25, 0.3) is 5.91 Å². The van der Waals surface area contributed by atoms with Crippen molar-refractivity contribution >= 4 is 40.0 Å². The van der Waals surface area contributed by atoms with Crippen LogP contribution in [0, 0.1) is 11.8 Å². The van der Waals surface area contributed by atoms with E-state index in [1.165, 1.54) is 11.3 Å². The fraction of sp³-hybridized carbons (Fsp3) is 0.455. The van der Waals surface area contributed by atoms with Gasteiger partial charge in [-0.1, -0.05) is 26.0 Å². The number of rotatable bonds is 5. The van der Waals surface area contributed by atoms with Crippen LogP contribution in [-0.4, -0.2) is 53.9 Å². The molecule has 2 aromatic rings. The Balaban J connectivity index is 1.43. The standard InChI is InChI=1S/C22H27N5O3S/c1-14-9-15(2)12-26(11-14)20(29)17-5-3-4-6-18(17)25-19(28)10-16-13-31-22(24-16)27-8-7-23-21(27)30/h3-6,13-15H,7-12H2,1-2H3,(H,23,30)(H,25,28). The lowest BCUT2D eigenvalue weighted by atomic mass is 9.91. The van der Waals surface area contributed by atoms with Crippen LogP contribution in [0.15, 0.2) is 29.6 Å². The fourth-order valence-corrected chi connectivity index (χ4v) is 5.14. The normalized spacial score (nSPS) is 21.2. The molecule has 1 aromatic heterocycles. The number of urea groups is 1. The van der Waals surface area contributed by atoms with Crippen molar-refractivity contribution in [2.75, 3.05) is 36.4 Å². The van der Waals surface area contributed by atoms with Gasteiger partial charge >= 0.3 is 6.03 Å². The Kier molecular flexibility index (Phi) is 6.22. The number of aromatic nitrogens is 1. The summed E-state index contributed by atoms with van der Waals surface area (Å²) in [4.78, 5) is 45.5. The van der Waals surface area contributed by atoms with Crippen LogP contribution in [-0.2, 0) is 11.2 Å². The van der Waals surface area contributed by atoms with Gasteiger partial charge in [-0.3, -0.25) is 14.5 Å². The minimum atomic E-state index is -0.247. The predicted octanol–water partition coefficient (Wildman–Crippen LogP) is 2.97. The van der Waals surface area contributed by atoms with Crippen LogP contribution in [0.3, 0.4) is 0 Å². The molecule has 3 heterocycles. The van der Waals surface area contributed by atoms with Crippen LogP contribution >= 0.6 is 11.3 Å². The molecule has 2 aliphatic rings. The quantitative estimate of drug-likeness (QED) is 0.746. The summed E-state index contributed by atoms with van der Waals surface area (Å²) in [6.07, 6.45) is 1.20. The molecule has 2 atom stereocenters. The highest BCUT2D eigenvalue weighted by atomic mass is 32.1. The number of piperidine rings is 1. The monoisotopic (exact) mass is 441 g/mol. The maximum absolute atomic E-state index is 13.2. The van der Waals surface area contributed by atoms with E-state index in [-0.39, 0.29) is 24.3 Å². The molecule has 0 spiro atoms. The van der Waals surface area contributed by atoms with E-state index >= 15 is 0 Å².